The number of urea groups is 1. The van der Waals surface area contributed by atoms with Crippen LogP contribution in [0.25, 0.3) is 0 Å². The summed E-state index contributed by atoms with van der Waals surface area (Å²) < 4.78 is 11.6. The molecule has 3 amide bonds. The molecule has 2 fully saturated rings. The van der Waals surface area contributed by atoms with Gasteiger partial charge in [0.15, 0.2) is 11.5 Å². The van der Waals surface area contributed by atoms with Gasteiger partial charge >= 0.3 is 12.2 Å². The average Bonchev–Trinajstić information content (AvgIpc) is 3.21. The van der Waals surface area contributed by atoms with E-state index >= 15 is 0 Å². The van der Waals surface area contributed by atoms with Gasteiger partial charge in [0.05, 0.1) is 13.7 Å². The molecule has 0 bridgehead atoms. The van der Waals surface area contributed by atoms with E-state index in [1.807, 2.05) is 24.3 Å². The molecule has 1 saturated carbocycles. The molecule has 2 aromatic carbocycles. The number of imide groups is 1. The fraction of sp³-hybridized carbons (Fsp3) is 0.516. The number of carbonyl (C=O) groups is 3. The zero-order chi connectivity index (χ0) is 30.6. The third-order valence-corrected chi connectivity index (χ3v) is 7.97. The van der Waals surface area contributed by atoms with Gasteiger partial charge in [-0.15, -0.1) is 0 Å². The Morgan fingerprint density at radius 2 is 1.74 bits per heavy atom. The first-order chi connectivity index (χ1) is 20.1. The number of carboxylic acid groups (broad SMARTS) is 2. The molecule has 1 heterocycles. The molecule has 2 N–H and O–H groups in total. The van der Waals surface area contributed by atoms with Crippen LogP contribution in [0.5, 0.6) is 11.5 Å². The number of methoxy groups -OCH3 is 1. The van der Waals surface area contributed by atoms with Gasteiger partial charge in [-0.2, -0.15) is 0 Å². The molecule has 1 aliphatic heterocycles. The summed E-state index contributed by atoms with van der Waals surface area (Å²) in [6.07, 6.45) is 5.75. The van der Waals surface area contributed by atoms with Crippen LogP contribution in [0.3, 0.4) is 0 Å². The van der Waals surface area contributed by atoms with E-state index in [9.17, 15) is 9.59 Å². The Kier molecular flexibility index (Phi) is 12.7. The minimum absolute atomic E-state index is 0.114. The fourth-order valence-electron chi connectivity index (χ4n) is 5.69. The number of rotatable bonds is 12. The molecule has 10 nitrogen and oxygen atoms in total. The molecule has 2 aliphatic rings. The second kappa shape index (κ2) is 16.2. The van der Waals surface area contributed by atoms with Crippen molar-refractivity contribution in [3.8, 4) is 11.5 Å². The predicted molar refractivity (Wildman–Crippen MR) is 160 cm³/mol. The van der Waals surface area contributed by atoms with Crippen molar-refractivity contribution in [1.29, 1.82) is 0 Å². The largest absolute Gasteiger partial charge is 0.503 e. The minimum Gasteiger partial charge on any atom is -0.493 e. The van der Waals surface area contributed by atoms with Crippen molar-refractivity contribution < 1.29 is 34.1 Å². The van der Waals surface area contributed by atoms with E-state index in [4.69, 9.17) is 36.1 Å². The van der Waals surface area contributed by atoms with E-state index in [2.05, 4.69) is 30.0 Å². The maximum absolute atomic E-state index is 12.1. The normalized spacial score (nSPS) is 16.3. The van der Waals surface area contributed by atoms with Gasteiger partial charge in [0, 0.05) is 31.2 Å². The van der Waals surface area contributed by atoms with Gasteiger partial charge < -0.3 is 24.6 Å². The molecule has 1 aliphatic carbocycles. The number of ether oxygens (including phenoxy) is 2. The molecular weight excluding hydrogens is 562 g/mol. The summed E-state index contributed by atoms with van der Waals surface area (Å²) in [5.74, 6) is 1.76. The van der Waals surface area contributed by atoms with Crippen molar-refractivity contribution in [3.05, 3.63) is 58.6 Å². The smallest absolute Gasteiger partial charge is 0.493 e. The Balaban J connectivity index is 0.00000114. The van der Waals surface area contributed by atoms with E-state index < -0.39 is 6.16 Å². The molecule has 230 valence electrons. The van der Waals surface area contributed by atoms with Crippen molar-refractivity contribution in [3.63, 3.8) is 0 Å². The second-order valence-electron chi connectivity index (χ2n) is 10.7. The standard InChI is InChI=1S/C30H40ClN3O4.CH2O3/c1-4-26(24-11-13-25(31)14-12-24)33(19-22-8-6-5-7-9-22)20-23-10-15-27(28(18-23)37-3)38-17-16-34-29(35)21-32(2)30(34)36;2-1(3)4/h10-15,18,22,26H,4-9,16-17,19-21H2,1-3H3;(H2,2,3,4). The van der Waals surface area contributed by atoms with Crippen molar-refractivity contribution in [1.82, 2.24) is 14.7 Å². The number of amides is 3. The Labute approximate surface area is 252 Å². The summed E-state index contributed by atoms with van der Waals surface area (Å²) in [6.45, 7) is 4.65. The topological polar surface area (TPSA) is 120 Å². The first-order valence-electron chi connectivity index (χ1n) is 14.4. The first kappa shape index (κ1) is 33.0. The van der Waals surface area contributed by atoms with Gasteiger partial charge in [0.1, 0.15) is 13.2 Å². The number of hydrogen-bond donors (Lipinski definition) is 2. The monoisotopic (exact) mass is 603 g/mol. The summed E-state index contributed by atoms with van der Waals surface area (Å²) in [4.78, 5) is 37.9. The van der Waals surface area contributed by atoms with Crippen LogP contribution < -0.4 is 9.47 Å². The molecule has 1 atom stereocenters. The number of likely N-dealkylation sites (N-methyl/N-ethyl adjacent to an activating group) is 1. The van der Waals surface area contributed by atoms with E-state index in [1.54, 1.807) is 14.2 Å². The molecule has 2 aromatic rings. The third kappa shape index (κ3) is 9.52. The first-order valence-corrected chi connectivity index (χ1v) is 14.8. The predicted octanol–water partition coefficient (Wildman–Crippen LogP) is 6.38. The summed E-state index contributed by atoms with van der Waals surface area (Å²) in [7, 11) is 3.26. The number of nitrogens with zero attached hydrogens (tertiary/aromatic N) is 3. The Bertz CT molecular complexity index is 1180. The van der Waals surface area contributed by atoms with Crippen LogP contribution in [0.1, 0.15) is 62.6 Å². The van der Waals surface area contributed by atoms with Crippen molar-refractivity contribution in [2.45, 2.75) is 58.0 Å². The van der Waals surface area contributed by atoms with Crippen LogP contribution in [-0.2, 0) is 11.3 Å². The molecule has 11 heteroatoms. The summed E-state index contributed by atoms with van der Waals surface area (Å²) in [5.41, 5.74) is 2.44. The maximum Gasteiger partial charge on any atom is 0.503 e. The number of carbonyl (C=O) groups excluding carboxylic acids is 2. The Hall–Kier alpha value is -3.50. The second-order valence-corrected chi connectivity index (χ2v) is 11.1. The van der Waals surface area contributed by atoms with Crippen molar-refractivity contribution in [2.24, 2.45) is 5.92 Å². The van der Waals surface area contributed by atoms with E-state index in [0.717, 1.165) is 30.1 Å². The molecule has 4 rings (SSSR count). The molecule has 42 heavy (non-hydrogen) atoms. The SMILES string of the molecule is CCC(c1ccc(Cl)cc1)N(Cc1ccc(OCCN2C(=O)CN(C)C2=O)c(OC)c1)CC1CCCCC1.O=C(O)O. The molecule has 0 aromatic heterocycles. The molecule has 0 radical (unpaired) electrons. The highest BCUT2D eigenvalue weighted by atomic mass is 35.5. The molecule has 1 saturated heterocycles. The van der Waals surface area contributed by atoms with Crippen LogP contribution in [0.2, 0.25) is 5.02 Å². The van der Waals surface area contributed by atoms with Crippen molar-refractivity contribution in [2.75, 3.05) is 40.4 Å². The van der Waals surface area contributed by atoms with Crippen LogP contribution in [-0.4, -0.2) is 83.4 Å². The number of halogens is 1. The lowest BCUT2D eigenvalue weighted by molar-refractivity contribution is -0.125. The lowest BCUT2D eigenvalue weighted by Gasteiger charge is -2.36. The van der Waals surface area contributed by atoms with Gasteiger partial charge in [-0.05, 0) is 60.6 Å². The summed E-state index contributed by atoms with van der Waals surface area (Å²) >= 11 is 6.19. The Morgan fingerprint density at radius 1 is 1.07 bits per heavy atom. The van der Waals surface area contributed by atoms with Gasteiger partial charge in [-0.3, -0.25) is 14.6 Å². The maximum atomic E-state index is 12.1. The minimum atomic E-state index is -1.83. The summed E-state index contributed by atoms with van der Waals surface area (Å²) in [5, 5.41) is 14.7. The van der Waals surface area contributed by atoms with Gasteiger partial charge in [0.2, 0.25) is 5.91 Å². The summed E-state index contributed by atoms with van der Waals surface area (Å²) in [6, 6.07) is 14.3. The quantitative estimate of drug-likeness (QED) is 0.268. The van der Waals surface area contributed by atoms with Crippen LogP contribution >= 0.6 is 11.6 Å². The molecule has 0 spiro atoms. The lowest BCUT2D eigenvalue weighted by Crippen LogP contribution is -2.35. The number of hydrogen-bond acceptors (Lipinski definition) is 6. The van der Waals surface area contributed by atoms with E-state index in [1.165, 1.54) is 47.5 Å². The van der Waals surface area contributed by atoms with Gasteiger partial charge in [0.25, 0.3) is 0 Å². The third-order valence-electron chi connectivity index (χ3n) is 7.72. The zero-order valence-electron chi connectivity index (χ0n) is 24.6. The Morgan fingerprint density at radius 3 is 2.31 bits per heavy atom. The van der Waals surface area contributed by atoms with Gasteiger partial charge in [-0.25, -0.2) is 9.59 Å². The molecule has 1 unspecified atom stereocenters. The van der Waals surface area contributed by atoms with E-state index in [0.29, 0.717) is 23.5 Å². The fourth-order valence-corrected chi connectivity index (χ4v) is 5.82. The highest BCUT2D eigenvalue weighted by Gasteiger charge is 2.33. The van der Waals surface area contributed by atoms with Crippen molar-refractivity contribution >= 4 is 29.7 Å². The lowest BCUT2D eigenvalue weighted by atomic mass is 9.88. The van der Waals surface area contributed by atoms with Crippen LogP contribution in [0.15, 0.2) is 42.5 Å². The number of benzene rings is 2. The van der Waals surface area contributed by atoms with Crippen LogP contribution in [0, 0.1) is 5.92 Å². The zero-order valence-corrected chi connectivity index (χ0v) is 25.4. The molecular formula is C31H42ClN3O7. The van der Waals surface area contributed by atoms with Gasteiger partial charge in [-0.1, -0.05) is 56.0 Å². The highest BCUT2D eigenvalue weighted by molar-refractivity contribution is 6.30. The van der Waals surface area contributed by atoms with Crippen LogP contribution in [0.4, 0.5) is 9.59 Å². The van der Waals surface area contributed by atoms with E-state index in [-0.39, 0.29) is 31.6 Å². The average molecular weight is 604 g/mol. The highest BCUT2D eigenvalue weighted by Crippen LogP contribution is 2.34.